The largest absolute Gasteiger partial charge is 0.491 e. The van der Waals surface area contributed by atoms with Crippen molar-refractivity contribution in [3.05, 3.63) is 53.6 Å². The van der Waals surface area contributed by atoms with Crippen LogP contribution >= 0.6 is 0 Å². The average Bonchev–Trinajstić information content (AvgIpc) is 3.59. The molecule has 2 heterocycles. The van der Waals surface area contributed by atoms with Gasteiger partial charge in [0.2, 0.25) is 12.7 Å². The van der Waals surface area contributed by atoms with Crippen molar-refractivity contribution in [2.75, 3.05) is 26.4 Å². The van der Waals surface area contributed by atoms with Gasteiger partial charge >= 0.3 is 0 Å². The molecule has 8 heteroatoms. The van der Waals surface area contributed by atoms with Crippen molar-refractivity contribution in [2.45, 2.75) is 77.0 Å². The summed E-state index contributed by atoms with van der Waals surface area (Å²) in [6.45, 7) is 6.91. The summed E-state index contributed by atoms with van der Waals surface area (Å²) in [6.07, 6.45) is 4.65. The van der Waals surface area contributed by atoms with Crippen LogP contribution in [-0.4, -0.2) is 55.4 Å². The van der Waals surface area contributed by atoms with Crippen molar-refractivity contribution >= 4 is 11.7 Å². The van der Waals surface area contributed by atoms with Gasteiger partial charge in [-0.3, -0.25) is 9.59 Å². The first kappa shape index (κ1) is 27.9. The maximum atomic E-state index is 12.8. The van der Waals surface area contributed by atoms with Crippen molar-refractivity contribution in [1.82, 2.24) is 5.32 Å². The molecule has 2 atom stereocenters. The molecule has 4 rings (SSSR count). The number of likely N-dealkylation sites (tertiary alicyclic amines) is 1. The molecule has 1 amide bonds. The first-order valence-corrected chi connectivity index (χ1v) is 13.9. The first-order valence-electron chi connectivity index (χ1n) is 13.9. The molecule has 0 unspecified atom stereocenters. The van der Waals surface area contributed by atoms with E-state index in [2.05, 4.69) is 5.32 Å². The van der Waals surface area contributed by atoms with E-state index in [-0.39, 0.29) is 30.6 Å². The van der Waals surface area contributed by atoms with E-state index in [4.69, 9.17) is 14.2 Å². The number of rotatable bonds is 14. The molecule has 2 aromatic rings. The Hall–Kier alpha value is -3.10. The fraction of sp³-hybridized carbons (Fsp3) is 0.533. The van der Waals surface area contributed by atoms with Gasteiger partial charge in [-0.05, 0) is 68.7 Å². The van der Waals surface area contributed by atoms with Gasteiger partial charge in [0.05, 0.1) is 19.2 Å². The summed E-state index contributed by atoms with van der Waals surface area (Å²) in [6, 6.07) is 12.3. The van der Waals surface area contributed by atoms with Crippen LogP contribution in [0.15, 0.2) is 42.5 Å². The number of carbonyl (C=O) groups is 2. The number of ether oxygens (including phenoxy) is 3. The summed E-state index contributed by atoms with van der Waals surface area (Å²) in [5.41, 5.74) is 1.39. The Labute approximate surface area is 225 Å². The second kappa shape index (κ2) is 13.6. The number of benzene rings is 2. The lowest BCUT2D eigenvalue weighted by molar-refractivity contribution is -0.889. The standard InChI is InChI=1S/C30H40N2O6/c1-21(2)38-24-13-10-22(11-14-24)26(33)8-4-3-5-9-29(34)31-25(19-32-16-6-7-17-32)30(35)23-12-15-27-28(18-23)37-20-36-27/h10-15,18,21,25,30,35H,3-9,16-17,19-20H2,1-2H3,(H,31,34)/p+1/t25-,30-/m1/s1. The van der Waals surface area contributed by atoms with E-state index in [1.54, 1.807) is 24.3 Å². The number of quaternary nitrogens is 1. The first-order chi connectivity index (χ1) is 18.4. The quantitative estimate of drug-likeness (QED) is 0.259. The van der Waals surface area contributed by atoms with E-state index >= 15 is 0 Å². The normalized spacial score (nSPS) is 16.4. The van der Waals surface area contributed by atoms with E-state index in [0.29, 0.717) is 48.4 Å². The lowest BCUT2D eigenvalue weighted by atomic mass is 10.0. The van der Waals surface area contributed by atoms with Gasteiger partial charge in [0.1, 0.15) is 24.4 Å². The fourth-order valence-corrected chi connectivity index (χ4v) is 5.12. The molecule has 0 aliphatic carbocycles. The van der Waals surface area contributed by atoms with Gasteiger partial charge in [-0.25, -0.2) is 0 Å². The van der Waals surface area contributed by atoms with E-state index < -0.39 is 6.10 Å². The highest BCUT2D eigenvalue weighted by Crippen LogP contribution is 2.34. The van der Waals surface area contributed by atoms with Crippen molar-refractivity contribution in [3.63, 3.8) is 0 Å². The molecule has 0 bridgehead atoms. The molecule has 0 saturated carbocycles. The van der Waals surface area contributed by atoms with Crippen molar-refractivity contribution in [1.29, 1.82) is 0 Å². The SMILES string of the molecule is CC(C)Oc1ccc(C(=O)CCCCCC(=O)N[C@H](C[NH+]2CCCC2)[C@H](O)c2ccc3c(c2)OCO3)cc1. The van der Waals surface area contributed by atoms with E-state index in [1.807, 2.05) is 32.0 Å². The van der Waals surface area contributed by atoms with Gasteiger partial charge in [0.15, 0.2) is 17.3 Å². The number of aliphatic hydroxyl groups is 1. The summed E-state index contributed by atoms with van der Waals surface area (Å²) < 4.78 is 16.5. The lowest BCUT2D eigenvalue weighted by Crippen LogP contribution is -3.11. The smallest absolute Gasteiger partial charge is 0.231 e. The van der Waals surface area contributed by atoms with Crippen LogP contribution in [0.2, 0.25) is 0 Å². The van der Waals surface area contributed by atoms with Crippen LogP contribution in [0.1, 0.15) is 80.8 Å². The second-order valence-electron chi connectivity index (χ2n) is 10.6. The van der Waals surface area contributed by atoms with Crippen LogP contribution in [-0.2, 0) is 4.79 Å². The minimum atomic E-state index is -0.837. The van der Waals surface area contributed by atoms with Crippen molar-refractivity contribution in [2.24, 2.45) is 0 Å². The van der Waals surface area contributed by atoms with Crippen LogP contribution < -0.4 is 24.4 Å². The van der Waals surface area contributed by atoms with Crippen molar-refractivity contribution in [3.8, 4) is 17.2 Å². The zero-order valence-corrected chi connectivity index (χ0v) is 22.5. The van der Waals surface area contributed by atoms with Gasteiger partial charge in [0, 0.05) is 31.2 Å². The predicted molar refractivity (Wildman–Crippen MR) is 144 cm³/mol. The third-order valence-electron chi connectivity index (χ3n) is 7.14. The molecule has 1 saturated heterocycles. The Morgan fingerprint density at radius 1 is 0.974 bits per heavy atom. The van der Waals surface area contributed by atoms with Gasteiger partial charge < -0.3 is 29.5 Å². The molecule has 2 aromatic carbocycles. The van der Waals surface area contributed by atoms with E-state index in [1.165, 1.54) is 17.7 Å². The molecule has 206 valence electrons. The number of nitrogens with one attached hydrogen (secondary N) is 2. The molecule has 38 heavy (non-hydrogen) atoms. The molecule has 0 aromatic heterocycles. The number of hydrogen-bond donors (Lipinski definition) is 3. The average molecular weight is 526 g/mol. The van der Waals surface area contributed by atoms with Crippen LogP contribution in [0, 0.1) is 0 Å². The summed E-state index contributed by atoms with van der Waals surface area (Å²) in [7, 11) is 0. The minimum Gasteiger partial charge on any atom is -0.491 e. The Kier molecular flexibility index (Phi) is 10.0. The van der Waals surface area contributed by atoms with E-state index in [0.717, 1.165) is 31.7 Å². The number of fused-ring (bicyclic) bond motifs is 1. The molecule has 8 nitrogen and oxygen atoms in total. The van der Waals surface area contributed by atoms with Gasteiger partial charge in [0.25, 0.3) is 0 Å². The number of ketones is 1. The third-order valence-corrected chi connectivity index (χ3v) is 7.14. The van der Waals surface area contributed by atoms with Crippen molar-refractivity contribution < 1.29 is 33.8 Å². The lowest BCUT2D eigenvalue weighted by Gasteiger charge is -2.27. The number of aliphatic hydroxyl groups excluding tert-OH is 1. The number of carbonyl (C=O) groups excluding carboxylic acids is 2. The molecule has 1 fully saturated rings. The summed E-state index contributed by atoms with van der Waals surface area (Å²) in [5, 5.41) is 14.3. The topological polar surface area (TPSA) is 98.5 Å². The van der Waals surface area contributed by atoms with Crippen LogP contribution in [0.5, 0.6) is 17.2 Å². The number of Topliss-reactive ketones (excluding diaryl/α,β-unsaturated/α-hetero) is 1. The predicted octanol–water partition coefficient (Wildman–Crippen LogP) is 3.23. The number of unbranched alkanes of at least 4 members (excludes halogenated alkanes) is 2. The summed E-state index contributed by atoms with van der Waals surface area (Å²) in [4.78, 5) is 26.7. The minimum absolute atomic E-state index is 0.0690. The molecular formula is C30H41N2O6+. The summed E-state index contributed by atoms with van der Waals surface area (Å²) in [5.74, 6) is 2.08. The number of hydrogen-bond acceptors (Lipinski definition) is 6. The zero-order chi connectivity index (χ0) is 26.9. The maximum Gasteiger partial charge on any atom is 0.231 e. The zero-order valence-electron chi connectivity index (χ0n) is 22.5. The third kappa shape index (κ3) is 7.95. The molecule has 2 aliphatic rings. The van der Waals surface area contributed by atoms with Gasteiger partial charge in [-0.1, -0.05) is 12.5 Å². The molecule has 0 spiro atoms. The maximum absolute atomic E-state index is 12.8. The molecule has 2 aliphatic heterocycles. The van der Waals surface area contributed by atoms with Crippen LogP contribution in [0.25, 0.3) is 0 Å². The second-order valence-corrected chi connectivity index (χ2v) is 10.6. The van der Waals surface area contributed by atoms with Crippen LogP contribution in [0.3, 0.4) is 0 Å². The van der Waals surface area contributed by atoms with Crippen LogP contribution in [0.4, 0.5) is 0 Å². The van der Waals surface area contributed by atoms with Gasteiger partial charge in [-0.15, -0.1) is 0 Å². The Balaban J connectivity index is 1.22. The highest BCUT2D eigenvalue weighted by molar-refractivity contribution is 5.96. The Bertz CT molecular complexity index is 1060. The highest BCUT2D eigenvalue weighted by atomic mass is 16.7. The Morgan fingerprint density at radius 2 is 1.68 bits per heavy atom. The highest BCUT2D eigenvalue weighted by Gasteiger charge is 2.30. The monoisotopic (exact) mass is 525 g/mol. The Morgan fingerprint density at radius 3 is 2.42 bits per heavy atom. The summed E-state index contributed by atoms with van der Waals surface area (Å²) >= 11 is 0. The molecule has 0 radical (unpaired) electrons. The number of amides is 1. The molecule has 3 N–H and O–H groups in total. The van der Waals surface area contributed by atoms with Gasteiger partial charge in [-0.2, -0.15) is 0 Å². The fourth-order valence-electron chi connectivity index (χ4n) is 5.12. The molecular weight excluding hydrogens is 484 g/mol. The van der Waals surface area contributed by atoms with E-state index in [9.17, 15) is 14.7 Å².